The summed E-state index contributed by atoms with van der Waals surface area (Å²) in [5, 5.41) is 8.57. The number of rotatable bonds is 7. The van der Waals surface area contributed by atoms with Crippen molar-refractivity contribution in [3.05, 3.63) is 84.4 Å². The molecule has 0 radical (unpaired) electrons. The zero-order valence-electron chi connectivity index (χ0n) is 20.3. The predicted octanol–water partition coefficient (Wildman–Crippen LogP) is 6.01. The predicted molar refractivity (Wildman–Crippen MR) is 142 cm³/mol. The van der Waals surface area contributed by atoms with Crippen molar-refractivity contribution in [2.75, 3.05) is 24.3 Å². The van der Waals surface area contributed by atoms with Crippen LogP contribution in [0.25, 0.3) is 22.0 Å². The van der Waals surface area contributed by atoms with Crippen molar-refractivity contribution < 1.29 is 4.39 Å². The third-order valence-corrected chi connectivity index (χ3v) is 6.82. The van der Waals surface area contributed by atoms with Gasteiger partial charge in [-0.1, -0.05) is 30.3 Å². The quantitative estimate of drug-likeness (QED) is 0.347. The third-order valence-electron chi connectivity index (χ3n) is 6.82. The van der Waals surface area contributed by atoms with Crippen LogP contribution in [0.1, 0.15) is 31.2 Å². The molecule has 1 aliphatic carbocycles. The first kappa shape index (κ1) is 23.2. The molecule has 2 aromatic carbocycles. The third kappa shape index (κ3) is 5.60. The minimum absolute atomic E-state index is 0.223. The fourth-order valence-corrected chi connectivity index (χ4v) is 4.90. The fourth-order valence-electron chi connectivity index (χ4n) is 4.90. The molecule has 180 valence electrons. The van der Waals surface area contributed by atoms with Crippen molar-refractivity contribution in [2.45, 2.75) is 44.3 Å². The Kier molecular flexibility index (Phi) is 6.91. The molecular formula is C29H32FN5. The molecule has 2 N–H and O–H groups in total. The van der Waals surface area contributed by atoms with E-state index in [9.17, 15) is 4.39 Å². The van der Waals surface area contributed by atoms with E-state index in [2.05, 4.69) is 64.9 Å². The van der Waals surface area contributed by atoms with E-state index in [1.807, 2.05) is 18.5 Å². The summed E-state index contributed by atoms with van der Waals surface area (Å²) in [6.45, 7) is 0.781. The number of benzene rings is 2. The number of halogens is 1. The van der Waals surface area contributed by atoms with Gasteiger partial charge >= 0.3 is 0 Å². The maximum atomic E-state index is 13.2. The van der Waals surface area contributed by atoms with Crippen LogP contribution in [-0.2, 0) is 6.54 Å². The normalized spacial score (nSPS) is 17.9. The molecule has 35 heavy (non-hydrogen) atoms. The first-order chi connectivity index (χ1) is 17.0. The molecule has 0 unspecified atom stereocenters. The van der Waals surface area contributed by atoms with Gasteiger partial charge < -0.3 is 15.5 Å². The van der Waals surface area contributed by atoms with Gasteiger partial charge in [-0.2, -0.15) is 0 Å². The number of para-hydroxylation sites is 1. The van der Waals surface area contributed by atoms with Gasteiger partial charge in [0, 0.05) is 67.8 Å². The maximum absolute atomic E-state index is 13.2. The molecule has 0 amide bonds. The second kappa shape index (κ2) is 10.4. The molecule has 1 aliphatic rings. The highest BCUT2D eigenvalue weighted by molar-refractivity contribution is 5.93. The fraction of sp³-hybridized carbons (Fsp3) is 0.310. The molecule has 0 spiro atoms. The Bertz CT molecular complexity index is 1280. The number of hydrogen-bond acceptors (Lipinski definition) is 5. The van der Waals surface area contributed by atoms with Gasteiger partial charge in [-0.05, 0) is 61.1 Å². The van der Waals surface area contributed by atoms with Crippen LogP contribution in [0.3, 0.4) is 0 Å². The Labute approximate surface area is 206 Å². The highest BCUT2D eigenvalue weighted by atomic mass is 19.1. The Hall–Kier alpha value is -3.51. The lowest BCUT2D eigenvalue weighted by atomic mass is 9.91. The van der Waals surface area contributed by atoms with Gasteiger partial charge in [0.25, 0.3) is 0 Å². The van der Waals surface area contributed by atoms with E-state index < -0.39 is 0 Å². The molecule has 2 aromatic heterocycles. The molecule has 6 heteroatoms. The largest absolute Gasteiger partial charge is 0.377 e. The number of pyridine rings is 2. The summed E-state index contributed by atoms with van der Waals surface area (Å²) in [5.74, 6) is 0.728. The van der Waals surface area contributed by atoms with E-state index in [4.69, 9.17) is 4.98 Å². The average molecular weight is 470 g/mol. The molecule has 4 aromatic rings. The van der Waals surface area contributed by atoms with E-state index in [1.165, 1.54) is 23.2 Å². The lowest BCUT2D eigenvalue weighted by Crippen LogP contribution is -2.36. The Balaban J connectivity index is 1.16. The molecule has 1 saturated carbocycles. The van der Waals surface area contributed by atoms with Crippen LogP contribution in [0, 0.1) is 5.82 Å². The summed E-state index contributed by atoms with van der Waals surface area (Å²) in [6, 6.07) is 20.1. The maximum Gasteiger partial charge on any atom is 0.128 e. The van der Waals surface area contributed by atoms with Crippen LogP contribution in [0.15, 0.2) is 73.1 Å². The SMILES string of the molecule is CN(C)c1cc(N[C@H]2CC[C@@H](NCc3cncc(-c4ccc(F)cc4)c3)CC2)nc2ccccc12. The van der Waals surface area contributed by atoms with Crippen LogP contribution in [-0.4, -0.2) is 36.1 Å². The number of nitrogens with one attached hydrogen (secondary N) is 2. The summed E-state index contributed by atoms with van der Waals surface area (Å²) in [7, 11) is 4.15. The number of fused-ring (bicyclic) bond motifs is 1. The standard InChI is InChI=1S/C29H32FN5/c1-35(2)28-16-29(34-27-6-4-3-5-26(27)28)33-25-13-11-24(12-14-25)32-18-20-15-22(19-31-17-20)21-7-9-23(30)10-8-21/h3-10,15-17,19,24-25,32H,11-14,18H2,1-2H3,(H,33,34)/t24-,25+. The van der Waals surface area contributed by atoms with Gasteiger partial charge in [0.05, 0.1) is 5.52 Å². The molecule has 1 fully saturated rings. The number of hydrogen-bond donors (Lipinski definition) is 2. The van der Waals surface area contributed by atoms with Crippen LogP contribution < -0.4 is 15.5 Å². The minimum Gasteiger partial charge on any atom is -0.377 e. The Morgan fingerprint density at radius 3 is 2.40 bits per heavy atom. The molecule has 0 atom stereocenters. The number of nitrogens with zero attached hydrogens (tertiary/aromatic N) is 3. The summed E-state index contributed by atoms with van der Waals surface area (Å²) in [5.41, 5.74) is 5.34. The van der Waals surface area contributed by atoms with Crippen LogP contribution >= 0.6 is 0 Å². The van der Waals surface area contributed by atoms with Gasteiger partial charge in [-0.3, -0.25) is 4.98 Å². The molecule has 0 aliphatic heterocycles. The first-order valence-electron chi connectivity index (χ1n) is 12.3. The van der Waals surface area contributed by atoms with Gasteiger partial charge in [0.15, 0.2) is 0 Å². The highest BCUT2D eigenvalue weighted by Gasteiger charge is 2.21. The number of aromatic nitrogens is 2. The van der Waals surface area contributed by atoms with Gasteiger partial charge in [0.2, 0.25) is 0 Å². The van der Waals surface area contributed by atoms with Crippen molar-refractivity contribution in [3.8, 4) is 11.1 Å². The molecular weight excluding hydrogens is 437 g/mol. The molecule has 2 heterocycles. The van der Waals surface area contributed by atoms with Crippen LogP contribution in [0.5, 0.6) is 0 Å². The highest BCUT2D eigenvalue weighted by Crippen LogP contribution is 2.29. The molecule has 0 saturated heterocycles. The van der Waals surface area contributed by atoms with Crippen molar-refractivity contribution in [1.82, 2.24) is 15.3 Å². The summed E-state index contributed by atoms with van der Waals surface area (Å²) in [4.78, 5) is 11.4. The minimum atomic E-state index is -0.223. The first-order valence-corrected chi connectivity index (χ1v) is 12.3. The monoisotopic (exact) mass is 469 g/mol. The van der Waals surface area contributed by atoms with Crippen molar-refractivity contribution >= 4 is 22.4 Å². The summed E-state index contributed by atoms with van der Waals surface area (Å²) < 4.78 is 13.2. The molecule has 5 rings (SSSR count). The molecule has 5 nitrogen and oxygen atoms in total. The Morgan fingerprint density at radius 1 is 0.886 bits per heavy atom. The van der Waals surface area contributed by atoms with Gasteiger partial charge in [-0.15, -0.1) is 0 Å². The van der Waals surface area contributed by atoms with Crippen molar-refractivity contribution in [3.63, 3.8) is 0 Å². The average Bonchev–Trinajstić information content (AvgIpc) is 2.88. The van der Waals surface area contributed by atoms with E-state index in [0.717, 1.165) is 60.3 Å². The van der Waals surface area contributed by atoms with E-state index in [-0.39, 0.29) is 5.82 Å². The van der Waals surface area contributed by atoms with E-state index in [1.54, 1.807) is 12.1 Å². The Morgan fingerprint density at radius 2 is 1.63 bits per heavy atom. The van der Waals surface area contributed by atoms with Crippen molar-refractivity contribution in [2.24, 2.45) is 0 Å². The van der Waals surface area contributed by atoms with Crippen molar-refractivity contribution in [1.29, 1.82) is 0 Å². The zero-order valence-corrected chi connectivity index (χ0v) is 20.3. The van der Waals surface area contributed by atoms with Gasteiger partial charge in [0.1, 0.15) is 11.6 Å². The van der Waals surface area contributed by atoms with Gasteiger partial charge in [-0.25, -0.2) is 9.37 Å². The van der Waals surface area contributed by atoms with E-state index >= 15 is 0 Å². The summed E-state index contributed by atoms with van der Waals surface area (Å²) in [6.07, 6.45) is 8.19. The molecule has 0 bridgehead atoms. The smallest absolute Gasteiger partial charge is 0.128 e. The van der Waals surface area contributed by atoms with Crippen LogP contribution in [0.4, 0.5) is 15.9 Å². The lowest BCUT2D eigenvalue weighted by molar-refractivity contribution is 0.352. The second-order valence-electron chi connectivity index (χ2n) is 9.60. The topological polar surface area (TPSA) is 53.1 Å². The van der Waals surface area contributed by atoms with E-state index in [0.29, 0.717) is 12.1 Å². The lowest BCUT2D eigenvalue weighted by Gasteiger charge is -2.30. The second-order valence-corrected chi connectivity index (χ2v) is 9.60. The van der Waals surface area contributed by atoms with Crippen LogP contribution in [0.2, 0.25) is 0 Å². The number of anilines is 2. The summed E-state index contributed by atoms with van der Waals surface area (Å²) >= 11 is 0. The zero-order chi connectivity index (χ0) is 24.2.